The monoisotopic (exact) mass is 365 g/mol. The molecule has 1 heterocycles. The van der Waals surface area contributed by atoms with E-state index in [9.17, 15) is 14.4 Å². The number of carbonyl (C=O) groups excluding carboxylic acids is 3. The number of para-hydroxylation sites is 1. The van der Waals surface area contributed by atoms with Crippen LogP contribution in [0, 0.1) is 12.8 Å². The zero-order chi connectivity index (χ0) is 19.6. The molecule has 3 rings (SSSR count). The standard InChI is InChI=1S/C21H23N3O3/c1-3-14-6-4-5-7-18(14)24-12-15(11-19(24)25)21(27)23-16-8-9-17(20(22)26)13(2)10-16/h4-10,15H,3,11-12H2,1-2H3,(H2,22,26)(H,23,27). The molecule has 6 heteroatoms. The lowest BCUT2D eigenvalue weighted by molar-refractivity contribution is -0.122. The Labute approximate surface area is 158 Å². The van der Waals surface area contributed by atoms with Crippen LogP contribution in [-0.4, -0.2) is 24.3 Å². The van der Waals surface area contributed by atoms with E-state index in [-0.39, 0.29) is 18.2 Å². The molecule has 1 unspecified atom stereocenters. The van der Waals surface area contributed by atoms with Crippen molar-refractivity contribution in [2.24, 2.45) is 11.7 Å². The highest BCUT2D eigenvalue weighted by Gasteiger charge is 2.35. The van der Waals surface area contributed by atoms with Gasteiger partial charge in [0, 0.05) is 29.9 Å². The Morgan fingerprint density at radius 3 is 2.63 bits per heavy atom. The zero-order valence-electron chi connectivity index (χ0n) is 15.5. The molecule has 1 aliphatic heterocycles. The highest BCUT2D eigenvalue weighted by molar-refractivity contribution is 6.04. The zero-order valence-corrected chi connectivity index (χ0v) is 15.5. The number of primary amides is 1. The molecule has 1 atom stereocenters. The summed E-state index contributed by atoms with van der Waals surface area (Å²) in [6, 6.07) is 12.7. The van der Waals surface area contributed by atoms with E-state index < -0.39 is 11.8 Å². The maximum Gasteiger partial charge on any atom is 0.248 e. The largest absolute Gasteiger partial charge is 0.366 e. The maximum absolute atomic E-state index is 12.6. The molecule has 3 amide bonds. The summed E-state index contributed by atoms with van der Waals surface area (Å²) in [4.78, 5) is 38.1. The number of hydrogen-bond acceptors (Lipinski definition) is 3. The second-order valence-electron chi connectivity index (χ2n) is 6.77. The van der Waals surface area contributed by atoms with Gasteiger partial charge in [0.1, 0.15) is 0 Å². The van der Waals surface area contributed by atoms with Gasteiger partial charge in [-0.05, 0) is 48.7 Å². The van der Waals surface area contributed by atoms with E-state index in [1.165, 1.54) is 0 Å². The Kier molecular flexibility index (Phi) is 5.26. The van der Waals surface area contributed by atoms with Crippen molar-refractivity contribution in [2.45, 2.75) is 26.7 Å². The molecule has 1 aliphatic rings. The number of nitrogens with one attached hydrogen (secondary N) is 1. The first-order chi connectivity index (χ1) is 12.9. The number of nitrogens with zero attached hydrogens (tertiary/aromatic N) is 1. The second kappa shape index (κ2) is 7.61. The number of anilines is 2. The second-order valence-corrected chi connectivity index (χ2v) is 6.77. The average molecular weight is 365 g/mol. The van der Waals surface area contributed by atoms with E-state index >= 15 is 0 Å². The third kappa shape index (κ3) is 3.84. The lowest BCUT2D eigenvalue weighted by atomic mass is 10.1. The van der Waals surface area contributed by atoms with Gasteiger partial charge in [0.2, 0.25) is 17.7 Å². The molecule has 3 N–H and O–H groups in total. The minimum atomic E-state index is -0.503. The predicted octanol–water partition coefficient (Wildman–Crippen LogP) is 2.65. The Balaban J connectivity index is 1.73. The van der Waals surface area contributed by atoms with Crippen molar-refractivity contribution < 1.29 is 14.4 Å². The lowest BCUT2D eigenvalue weighted by Crippen LogP contribution is -2.28. The minimum Gasteiger partial charge on any atom is -0.366 e. The highest BCUT2D eigenvalue weighted by atomic mass is 16.2. The van der Waals surface area contributed by atoms with Gasteiger partial charge in [-0.2, -0.15) is 0 Å². The molecule has 0 aromatic heterocycles. The topological polar surface area (TPSA) is 92.5 Å². The Hall–Kier alpha value is -3.15. The van der Waals surface area contributed by atoms with E-state index in [0.29, 0.717) is 23.4 Å². The van der Waals surface area contributed by atoms with E-state index in [1.54, 1.807) is 30.0 Å². The van der Waals surface area contributed by atoms with Crippen LogP contribution in [0.1, 0.15) is 34.8 Å². The summed E-state index contributed by atoms with van der Waals surface area (Å²) in [5.74, 6) is -1.17. The molecule has 1 saturated heterocycles. The summed E-state index contributed by atoms with van der Waals surface area (Å²) in [7, 11) is 0. The Bertz CT molecular complexity index is 907. The summed E-state index contributed by atoms with van der Waals surface area (Å²) in [6.07, 6.45) is 1.00. The predicted molar refractivity (Wildman–Crippen MR) is 105 cm³/mol. The average Bonchev–Trinajstić information content (AvgIpc) is 3.03. The Morgan fingerprint density at radius 1 is 1.22 bits per heavy atom. The van der Waals surface area contributed by atoms with Gasteiger partial charge in [0.05, 0.1) is 5.92 Å². The maximum atomic E-state index is 12.6. The molecule has 140 valence electrons. The number of aryl methyl sites for hydroxylation is 2. The van der Waals surface area contributed by atoms with Gasteiger partial charge < -0.3 is 16.0 Å². The Morgan fingerprint density at radius 2 is 1.96 bits per heavy atom. The van der Waals surface area contributed by atoms with E-state index in [2.05, 4.69) is 5.32 Å². The van der Waals surface area contributed by atoms with E-state index in [0.717, 1.165) is 17.7 Å². The third-order valence-electron chi connectivity index (χ3n) is 4.92. The van der Waals surface area contributed by atoms with Crippen LogP contribution in [0.3, 0.4) is 0 Å². The molecular weight excluding hydrogens is 342 g/mol. The summed E-state index contributed by atoms with van der Waals surface area (Å²) in [5.41, 5.74) is 8.97. The van der Waals surface area contributed by atoms with Crippen LogP contribution >= 0.6 is 0 Å². The van der Waals surface area contributed by atoms with Gasteiger partial charge in [0.15, 0.2) is 0 Å². The lowest BCUT2D eigenvalue weighted by Gasteiger charge is -2.20. The van der Waals surface area contributed by atoms with Gasteiger partial charge in [-0.1, -0.05) is 25.1 Å². The van der Waals surface area contributed by atoms with Crippen LogP contribution in [0.15, 0.2) is 42.5 Å². The molecule has 0 saturated carbocycles. The van der Waals surface area contributed by atoms with Gasteiger partial charge in [-0.25, -0.2) is 0 Å². The van der Waals surface area contributed by atoms with Gasteiger partial charge in [-0.15, -0.1) is 0 Å². The van der Waals surface area contributed by atoms with Crippen LogP contribution < -0.4 is 16.0 Å². The van der Waals surface area contributed by atoms with Gasteiger partial charge in [-0.3, -0.25) is 14.4 Å². The molecule has 0 spiro atoms. The fraction of sp³-hybridized carbons (Fsp3) is 0.286. The summed E-state index contributed by atoms with van der Waals surface area (Å²) >= 11 is 0. The summed E-state index contributed by atoms with van der Waals surface area (Å²) in [6.45, 7) is 4.17. The molecule has 0 bridgehead atoms. The molecule has 2 aromatic carbocycles. The normalized spacial score (nSPS) is 16.4. The summed E-state index contributed by atoms with van der Waals surface area (Å²) in [5, 5.41) is 2.84. The minimum absolute atomic E-state index is 0.0451. The molecule has 6 nitrogen and oxygen atoms in total. The number of benzene rings is 2. The van der Waals surface area contributed by atoms with Crippen molar-refractivity contribution in [3.05, 3.63) is 59.2 Å². The molecule has 1 fully saturated rings. The van der Waals surface area contributed by atoms with E-state index in [1.807, 2.05) is 31.2 Å². The quantitative estimate of drug-likeness (QED) is 0.853. The highest BCUT2D eigenvalue weighted by Crippen LogP contribution is 2.29. The third-order valence-corrected chi connectivity index (χ3v) is 4.92. The molecular formula is C21H23N3O3. The van der Waals surface area contributed by atoms with Crippen molar-refractivity contribution in [3.63, 3.8) is 0 Å². The SMILES string of the molecule is CCc1ccccc1N1CC(C(=O)Nc2ccc(C(N)=O)c(C)c2)CC1=O. The fourth-order valence-electron chi connectivity index (χ4n) is 3.45. The number of rotatable bonds is 5. The smallest absolute Gasteiger partial charge is 0.248 e. The first-order valence-corrected chi connectivity index (χ1v) is 9.00. The van der Waals surface area contributed by atoms with Crippen molar-refractivity contribution in [2.75, 3.05) is 16.8 Å². The van der Waals surface area contributed by atoms with Gasteiger partial charge >= 0.3 is 0 Å². The molecule has 27 heavy (non-hydrogen) atoms. The fourth-order valence-corrected chi connectivity index (χ4v) is 3.45. The number of hydrogen-bond donors (Lipinski definition) is 2. The van der Waals surface area contributed by atoms with Crippen LogP contribution in [-0.2, 0) is 16.0 Å². The van der Waals surface area contributed by atoms with Crippen LogP contribution in [0.5, 0.6) is 0 Å². The van der Waals surface area contributed by atoms with Crippen LogP contribution in [0.25, 0.3) is 0 Å². The summed E-state index contributed by atoms with van der Waals surface area (Å²) < 4.78 is 0. The van der Waals surface area contributed by atoms with Crippen molar-refractivity contribution >= 4 is 29.1 Å². The van der Waals surface area contributed by atoms with Crippen molar-refractivity contribution in [1.29, 1.82) is 0 Å². The van der Waals surface area contributed by atoms with Crippen LogP contribution in [0.2, 0.25) is 0 Å². The molecule has 0 aliphatic carbocycles. The first kappa shape index (κ1) is 18.6. The number of nitrogens with two attached hydrogens (primary N) is 1. The van der Waals surface area contributed by atoms with E-state index in [4.69, 9.17) is 5.73 Å². The van der Waals surface area contributed by atoms with Gasteiger partial charge in [0.25, 0.3) is 0 Å². The van der Waals surface area contributed by atoms with Crippen LogP contribution in [0.4, 0.5) is 11.4 Å². The molecule has 0 radical (unpaired) electrons. The molecule has 2 aromatic rings. The van der Waals surface area contributed by atoms with Crippen molar-refractivity contribution in [1.82, 2.24) is 0 Å². The van der Waals surface area contributed by atoms with Crippen molar-refractivity contribution in [3.8, 4) is 0 Å². The number of amides is 3. The number of carbonyl (C=O) groups is 3. The first-order valence-electron chi connectivity index (χ1n) is 9.00.